The molecule has 0 saturated carbocycles. The third kappa shape index (κ3) is 6.56. The van der Waals surface area contributed by atoms with Crippen LogP contribution in [-0.2, 0) is 11.2 Å². The second kappa shape index (κ2) is 11.7. The van der Waals surface area contributed by atoms with Gasteiger partial charge in [0.15, 0.2) is 11.5 Å². The molecule has 1 atom stereocenters. The fraction of sp³-hybridized carbons (Fsp3) is 0.208. The average molecular weight is 468 g/mol. The molecule has 3 aromatic rings. The summed E-state index contributed by atoms with van der Waals surface area (Å²) in [7, 11) is 1.48. The molecule has 0 unspecified atom stereocenters. The highest BCUT2D eigenvalue weighted by Crippen LogP contribution is 2.27. The van der Waals surface area contributed by atoms with Gasteiger partial charge in [-0.25, -0.2) is 0 Å². The fourth-order valence-corrected chi connectivity index (χ4v) is 3.68. The van der Waals surface area contributed by atoms with Crippen molar-refractivity contribution < 1.29 is 23.9 Å². The van der Waals surface area contributed by atoms with Crippen molar-refractivity contribution in [1.29, 1.82) is 0 Å². The summed E-state index contributed by atoms with van der Waals surface area (Å²) >= 11 is 1.28. The van der Waals surface area contributed by atoms with Crippen LogP contribution in [0.25, 0.3) is 0 Å². The summed E-state index contributed by atoms with van der Waals surface area (Å²) < 4.78 is 10.7. The smallest absolute Gasteiger partial charge is 0.269 e. The number of benzene rings is 2. The van der Waals surface area contributed by atoms with Crippen molar-refractivity contribution in [3.05, 3.63) is 82.0 Å². The Kier molecular flexibility index (Phi) is 8.43. The molecule has 0 spiro atoms. The first-order valence-corrected chi connectivity index (χ1v) is 11.2. The Morgan fingerprint density at radius 3 is 2.39 bits per heavy atom. The Labute approximate surface area is 195 Å². The van der Waals surface area contributed by atoms with Crippen molar-refractivity contribution in [2.45, 2.75) is 19.4 Å². The number of hydrazine groups is 1. The quantitative estimate of drug-likeness (QED) is 0.420. The topological polar surface area (TPSA) is 106 Å². The van der Waals surface area contributed by atoms with E-state index in [9.17, 15) is 14.4 Å². The number of carbonyl (C=O) groups is 3. The van der Waals surface area contributed by atoms with Crippen LogP contribution in [0.1, 0.15) is 32.5 Å². The largest absolute Gasteiger partial charge is 0.493 e. The number of ether oxygens (including phenoxy) is 2. The van der Waals surface area contributed by atoms with E-state index in [1.54, 1.807) is 29.6 Å². The number of hydrogen-bond acceptors (Lipinski definition) is 6. The number of nitrogens with one attached hydrogen (secondary N) is 3. The van der Waals surface area contributed by atoms with Crippen molar-refractivity contribution in [1.82, 2.24) is 16.2 Å². The van der Waals surface area contributed by atoms with Crippen LogP contribution in [0, 0.1) is 0 Å². The van der Waals surface area contributed by atoms with Crippen LogP contribution < -0.4 is 25.6 Å². The van der Waals surface area contributed by atoms with Crippen molar-refractivity contribution in [2.24, 2.45) is 0 Å². The Morgan fingerprint density at radius 1 is 0.939 bits per heavy atom. The van der Waals surface area contributed by atoms with Crippen molar-refractivity contribution in [3.8, 4) is 11.5 Å². The van der Waals surface area contributed by atoms with E-state index < -0.39 is 17.9 Å². The molecule has 0 aliphatic heterocycles. The van der Waals surface area contributed by atoms with E-state index in [0.29, 0.717) is 23.0 Å². The average Bonchev–Trinajstić information content (AvgIpc) is 3.38. The van der Waals surface area contributed by atoms with Gasteiger partial charge < -0.3 is 14.8 Å². The lowest BCUT2D eigenvalue weighted by Crippen LogP contribution is -2.53. The van der Waals surface area contributed by atoms with Gasteiger partial charge in [-0.15, -0.1) is 11.3 Å². The van der Waals surface area contributed by atoms with Crippen molar-refractivity contribution >= 4 is 29.1 Å². The molecule has 8 nitrogen and oxygen atoms in total. The summed E-state index contributed by atoms with van der Waals surface area (Å²) in [4.78, 5) is 38.5. The SMILES string of the molecule is CCOc1ccc(C(=O)NNC(=O)[C@H](Cc2ccccc2)NC(=O)c2cccs2)cc1OC. The van der Waals surface area contributed by atoms with Gasteiger partial charge in [0.05, 0.1) is 18.6 Å². The number of rotatable bonds is 9. The number of carbonyl (C=O) groups excluding carboxylic acids is 3. The molecule has 3 N–H and O–H groups in total. The fourth-order valence-electron chi connectivity index (χ4n) is 3.06. The molecule has 3 rings (SSSR count). The molecule has 2 aromatic carbocycles. The Hall–Kier alpha value is -3.85. The summed E-state index contributed by atoms with van der Waals surface area (Å²) in [5.74, 6) is -0.521. The van der Waals surface area contributed by atoms with Crippen LogP contribution in [0.5, 0.6) is 11.5 Å². The van der Waals surface area contributed by atoms with E-state index in [1.165, 1.54) is 24.5 Å². The summed E-state index contributed by atoms with van der Waals surface area (Å²) in [6.45, 7) is 2.30. The van der Waals surface area contributed by atoms with E-state index in [-0.39, 0.29) is 17.9 Å². The summed E-state index contributed by atoms with van der Waals surface area (Å²) in [6, 6.07) is 16.6. The van der Waals surface area contributed by atoms with Crippen molar-refractivity contribution in [2.75, 3.05) is 13.7 Å². The molecule has 33 heavy (non-hydrogen) atoms. The predicted octanol–water partition coefficient (Wildman–Crippen LogP) is 2.96. The summed E-state index contributed by atoms with van der Waals surface area (Å²) in [6.07, 6.45) is 0.260. The standard InChI is InChI=1S/C24H25N3O5S/c1-3-32-19-12-11-17(15-20(19)31-2)22(28)26-27-23(29)18(14-16-8-5-4-6-9-16)25-24(30)21-10-7-13-33-21/h4-13,15,18H,3,14H2,1-2H3,(H,25,30)(H,26,28)(H,27,29)/t18-/m0/s1. The van der Waals surface area contributed by atoms with Gasteiger partial charge in [0, 0.05) is 12.0 Å². The highest BCUT2D eigenvalue weighted by molar-refractivity contribution is 7.12. The number of thiophene rings is 1. The minimum atomic E-state index is -0.892. The maximum absolute atomic E-state index is 12.9. The van der Waals surface area contributed by atoms with Gasteiger partial charge in [-0.3, -0.25) is 25.2 Å². The molecular weight excluding hydrogens is 442 g/mol. The molecule has 1 aromatic heterocycles. The van der Waals surface area contributed by atoms with Gasteiger partial charge in [-0.1, -0.05) is 36.4 Å². The molecule has 0 bridgehead atoms. The zero-order valence-electron chi connectivity index (χ0n) is 18.3. The molecule has 3 amide bonds. The first-order chi connectivity index (χ1) is 16.0. The lowest BCUT2D eigenvalue weighted by Gasteiger charge is -2.19. The van der Waals surface area contributed by atoms with E-state index in [1.807, 2.05) is 37.3 Å². The maximum Gasteiger partial charge on any atom is 0.269 e. The molecule has 0 aliphatic rings. The highest BCUT2D eigenvalue weighted by atomic mass is 32.1. The third-order valence-corrected chi connectivity index (χ3v) is 5.54. The van der Waals surface area contributed by atoms with Crippen LogP contribution in [-0.4, -0.2) is 37.5 Å². The first-order valence-electron chi connectivity index (χ1n) is 10.3. The van der Waals surface area contributed by atoms with Gasteiger partial charge in [-0.05, 0) is 42.1 Å². The first kappa shape index (κ1) is 23.8. The molecule has 0 fully saturated rings. The highest BCUT2D eigenvalue weighted by Gasteiger charge is 2.23. The number of methoxy groups -OCH3 is 1. The second-order valence-electron chi connectivity index (χ2n) is 6.94. The molecular formula is C24H25N3O5S. The maximum atomic E-state index is 12.9. The molecule has 172 valence electrons. The van der Waals surface area contributed by atoms with Gasteiger partial charge in [0.25, 0.3) is 17.7 Å². The van der Waals surface area contributed by atoms with E-state index in [0.717, 1.165) is 5.56 Å². The third-order valence-electron chi connectivity index (χ3n) is 4.67. The van der Waals surface area contributed by atoms with Crippen LogP contribution >= 0.6 is 11.3 Å². The van der Waals surface area contributed by atoms with Gasteiger partial charge in [-0.2, -0.15) is 0 Å². The van der Waals surface area contributed by atoms with Crippen LogP contribution in [0.3, 0.4) is 0 Å². The second-order valence-corrected chi connectivity index (χ2v) is 7.88. The molecule has 9 heteroatoms. The van der Waals surface area contributed by atoms with Crippen LogP contribution in [0.15, 0.2) is 66.0 Å². The minimum absolute atomic E-state index is 0.260. The Bertz CT molecular complexity index is 1090. The number of hydrogen-bond donors (Lipinski definition) is 3. The molecule has 0 saturated heterocycles. The molecule has 1 heterocycles. The molecule has 0 aliphatic carbocycles. The molecule has 0 radical (unpaired) electrons. The summed E-state index contributed by atoms with van der Waals surface area (Å²) in [5, 5.41) is 4.53. The minimum Gasteiger partial charge on any atom is -0.493 e. The lowest BCUT2D eigenvalue weighted by molar-refractivity contribution is -0.123. The van der Waals surface area contributed by atoms with Gasteiger partial charge in [0.2, 0.25) is 0 Å². The van der Waals surface area contributed by atoms with Gasteiger partial charge >= 0.3 is 0 Å². The Balaban J connectivity index is 1.68. The van der Waals surface area contributed by atoms with Gasteiger partial charge in [0.1, 0.15) is 6.04 Å². The van der Waals surface area contributed by atoms with E-state index in [4.69, 9.17) is 9.47 Å². The predicted molar refractivity (Wildman–Crippen MR) is 125 cm³/mol. The zero-order valence-corrected chi connectivity index (χ0v) is 19.1. The monoisotopic (exact) mass is 467 g/mol. The van der Waals surface area contributed by atoms with E-state index in [2.05, 4.69) is 16.2 Å². The van der Waals surface area contributed by atoms with Crippen molar-refractivity contribution in [3.63, 3.8) is 0 Å². The van der Waals surface area contributed by atoms with Crippen LogP contribution in [0.2, 0.25) is 0 Å². The lowest BCUT2D eigenvalue weighted by atomic mass is 10.1. The normalized spacial score (nSPS) is 11.2. The number of amides is 3. The zero-order chi connectivity index (χ0) is 23.6. The van der Waals surface area contributed by atoms with Crippen LogP contribution in [0.4, 0.5) is 0 Å². The Morgan fingerprint density at radius 2 is 1.73 bits per heavy atom. The van der Waals surface area contributed by atoms with E-state index >= 15 is 0 Å². The summed E-state index contributed by atoms with van der Waals surface area (Å²) in [5.41, 5.74) is 5.94.